The Hall–Kier alpha value is -2.50. The molecule has 1 amide bonds. The number of hydrogen-bond donors (Lipinski definition) is 1. The molecule has 0 aliphatic heterocycles. The fourth-order valence-corrected chi connectivity index (χ4v) is 5.06. The Morgan fingerprint density at radius 2 is 1.49 bits per heavy atom. The Morgan fingerprint density at radius 3 is 2.08 bits per heavy atom. The lowest BCUT2D eigenvalue weighted by molar-refractivity contribution is -0.143. The van der Waals surface area contributed by atoms with Gasteiger partial charge < -0.3 is 19.8 Å². The lowest BCUT2D eigenvalue weighted by Crippen LogP contribution is -2.14. The van der Waals surface area contributed by atoms with Crippen molar-refractivity contribution in [1.82, 2.24) is 4.57 Å². The summed E-state index contributed by atoms with van der Waals surface area (Å²) < 4.78 is 13.2. The number of esters is 1. The maximum Gasteiger partial charge on any atom is 0.305 e. The van der Waals surface area contributed by atoms with Crippen LogP contribution in [0.25, 0.3) is 10.9 Å². The molecule has 1 aromatic carbocycles. The minimum atomic E-state index is -0.326. The minimum Gasteiger partial charge on any atom is -0.494 e. The van der Waals surface area contributed by atoms with Crippen LogP contribution in [-0.2, 0) is 27.3 Å². The van der Waals surface area contributed by atoms with Gasteiger partial charge in [0, 0.05) is 29.6 Å². The summed E-state index contributed by atoms with van der Waals surface area (Å²) in [5, 5.41) is 1.03. The highest BCUT2D eigenvalue weighted by molar-refractivity contribution is 5.91. The predicted octanol–water partition coefficient (Wildman–Crippen LogP) is 7.40. The van der Waals surface area contributed by atoms with Crippen molar-refractivity contribution in [2.75, 3.05) is 13.2 Å². The molecule has 0 bridgehead atoms. The number of ether oxygens (including phenoxy) is 2. The number of hydrogen-bond acceptors (Lipinski definition) is 4. The van der Waals surface area contributed by atoms with E-state index in [4.69, 9.17) is 15.2 Å². The molecule has 208 valence electrons. The summed E-state index contributed by atoms with van der Waals surface area (Å²) >= 11 is 0. The molecule has 0 aliphatic carbocycles. The van der Waals surface area contributed by atoms with Gasteiger partial charge in [-0.1, -0.05) is 77.6 Å². The summed E-state index contributed by atoms with van der Waals surface area (Å²) in [6, 6.07) is 6.05. The lowest BCUT2D eigenvalue weighted by atomic mass is 10.1. The molecule has 1 heterocycles. The number of carbonyl (C=O) groups is 2. The van der Waals surface area contributed by atoms with Crippen LogP contribution in [0.2, 0.25) is 0 Å². The van der Waals surface area contributed by atoms with Crippen molar-refractivity contribution in [3.8, 4) is 5.75 Å². The second-order valence-electron chi connectivity index (χ2n) is 10.2. The topological polar surface area (TPSA) is 83.5 Å². The monoisotopic (exact) mass is 514 g/mol. The number of carbonyl (C=O) groups excluding carboxylic acids is 2. The fourth-order valence-electron chi connectivity index (χ4n) is 5.06. The van der Waals surface area contributed by atoms with E-state index in [1.54, 1.807) is 6.92 Å². The zero-order valence-electron chi connectivity index (χ0n) is 23.6. The van der Waals surface area contributed by atoms with E-state index in [9.17, 15) is 9.59 Å². The second-order valence-corrected chi connectivity index (χ2v) is 10.2. The first-order valence-corrected chi connectivity index (χ1v) is 14.7. The molecule has 0 spiro atoms. The maximum atomic E-state index is 11.8. The number of amides is 1. The third-order valence-electron chi connectivity index (χ3n) is 7.11. The molecule has 37 heavy (non-hydrogen) atoms. The van der Waals surface area contributed by atoms with E-state index in [-0.39, 0.29) is 18.3 Å². The third kappa shape index (κ3) is 11.2. The van der Waals surface area contributed by atoms with Gasteiger partial charge in [-0.25, -0.2) is 0 Å². The number of nitrogens with zero attached hydrogens (tertiary/aromatic N) is 1. The molecule has 2 N–H and O–H groups in total. The van der Waals surface area contributed by atoms with Gasteiger partial charge >= 0.3 is 5.97 Å². The number of benzene rings is 1. The molecule has 0 unspecified atom stereocenters. The highest BCUT2D eigenvalue weighted by Gasteiger charge is 2.16. The van der Waals surface area contributed by atoms with Crippen molar-refractivity contribution in [2.24, 2.45) is 5.73 Å². The Bertz CT molecular complexity index is 950. The van der Waals surface area contributed by atoms with Crippen LogP contribution in [0.4, 0.5) is 0 Å². The number of primary amides is 1. The predicted molar refractivity (Wildman–Crippen MR) is 152 cm³/mol. The Morgan fingerprint density at radius 1 is 0.865 bits per heavy atom. The van der Waals surface area contributed by atoms with Crippen LogP contribution in [0.3, 0.4) is 0 Å². The van der Waals surface area contributed by atoms with Crippen LogP contribution in [0.5, 0.6) is 5.75 Å². The van der Waals surface area contributed by atoms with E-state index in [0.29, 0.717) is 26.1 Å². The summed E-state index contributed by atoms with van der Waals surface area (Å²) in [7, 11) is 0. The van der Waals surface area contributed by atoms with Gasteiger partial charge in [0.2, 0.25) is 5.91 Å². The minimum absolute atomic E-state index is 0.198. The van der Waals surface area contributed by atoms with E-state index < -0.39 is 0 Å². The van der Waals surface area contributed by atoms with Gasteiger partial charge in [0.05, 0.1) is 19.6 Å². The zero-order valence-corrected chi connectivity index (χ0v) is 23.6. The van der Waals surface area contributed by atoms with Crippen LogP contribution >= 0.6 is 0 Å². The third-order valence-corrected chi connectivity index (χ3v) is 7.11. The molecule has 0 saturated heterocycles. The summed E-state index contributed by atoms with van der Waals surface area (Å²) in [4.78, 5) is 23.3. The Kier molecular flexibility index (Phi) is 14.8. The van der Waals surface area contributed by atoms with Crippen LogP contribution in [-0.4, -0.2) is 29.7 Å². The van der Waals surface area contributed by atoms with Crippen molar-refractivity contribution in [3.05, 3.63) is 29.5 Å². The Balaban J connectivity index is 1.85. The number of rotatable bonds is 21. The molecule has 2 rings (SSSR count). The standard InChI is InChI=1S/C31H50N2O4/c1-4-6-7-8-9-10-11-12-13-14-15-16-21-33-25(3)27(24-30(32)34)28-23-26(19-20-29(28)33)37-22-17-18-31(35)36-5-2/h19-20,23H,4-18,21-22,24H2,1-3H3,(H2,32,34). The number of fused-ring (bicyclic) bond motifs is 1. The molecule has 0 atom stereocenters. The molecule has 6 nitrogen and oxygen atoms in total. The van der Waals surface area contributed by atoms with Gasteiger partial charge in [0.25, 0.3) is 0 Å². The smallest absolute Gasteiger partial charge is 0.305 e. The van der Waals surface area contributed by atoms with Gasteiger partial charge in [0.15, 0.2) is 0 Å². The van der Waals surface area contributed by atoms with Crippen LogP contribution in [0.15, 0.2) is 18.2 Å². The molecule has 6 heteroatoms. The average molecular weight is 515 g/mol. The summed E-state index contributed by atoms with van der Waals surface area (Å²) in [5.74, 6) is 0.216. The van der Waals surface area contributed by atoms with Gasteiger partial charge in [-0.3, -0.25) is 9.59 Å². The van der Waals surface area contributed by atoms with Crippen molar-refractivity contribution in [2.45, 2.75) is 124 Å². The molecule has 0 aliphatic rings. The van der Waals surface area contributed by atoms with Crippen molar-refractivity contribution >= 4 is 22.8 Å². The quantitative estimate of drug-likeness (QED) is 0.139. The maximum absolute atomic E-state index is 11.8. The van der Waals surface area contributed by atoms with Crippen molar-refractivity contribution in [1.29, 1.82) is 0 Å². The SMILES string of the molecule is CCCCCCCCCCCCCCn1c(C)c(CC(N)=O)c2cc(OCCCC(=O)OCC)ccc21. The van der Waals surface area contributed by atoms with Gasteiger partial charge in [-0.05, 0) is 50.5 Å². The normalized spacial score (nSPS) is 11.2. The van der Waals surface area contributed by atoms with E-state index in [0.717, 1.165) is 40.9 Å². The number of nitrogens with two attached hydrogens (primary N) is 1. The van der Waals surface area contributed by atoms with Crippen molar-refractivity contribution < 1.29 is 19.1 Å². The highest BCUT2D eigenvalue weighted by Crippen LogP contribution is 2.30. The highest BCUT2D eigenvalue weighted by atomic mass is 16.5. The summed E-state index contributed by atoms with van der Waals surface area (Å²) in [5.41, 5.74) is 8.79. The molecular formula is C31H50N2O4. The van der Waals surface area contributed by atoms with E-state index in [1.165, 1.54) is 70.6 Å². The van der Waals surface area contributed by atoms with Crippen LogP contribution in [0, 0.1) is 6.92 Å². The second kappa shape index (κ2) is 17.9. The molecule has 0 radical (unpaired) electrons. The van der Waals surface area contributed by atoms with Gasteiger partial charge in [-0.2, -0.15) is 0 Å². The van der Waals surface area contributed by atoms with Crippen LogP contribution < -0.4 is 10.5 Å². The zero-order chi connectivity index (χ0) is 26.9. The molecule has 0 fully saturated rings. The van der Waals surface area contributed by atoms with E-state index in [2.05, 4.69) is 24.5 Å². The molecular weight excluding hydrogens is 464 g/mol. The largest absolute Gasteiger partial charge is 0.494 e. The first-order chi connectivity index (χ1) is 18.0. The number of aromatic nitrogens is 1. The van der Waals surface area contributed by atoms with Gasteiger partial charge in [-0.15, -0.1) is 0 Å². The lowest BCUT2D eigenvalue weighted by Gasteiger charge is -2.10. The molecule has 1 aromatic heterocycles. The average Bonchev–Trinajstić information content (AvgIpc) is 3.12. The Labute approximate surface area is 224 Å². The van der Waals surface area contributed by atoms with Crippen molar-refractivity contribution in [3.63, 3.8) is 0 Å². The van der Waals surface area contributed by atoms with Gasteiger partial charge in [0.1, 0.15) is 5.75 Å². The molecule has 2 aromatic rings. The number of unbranched alkanes of at least 4 members (excludes halogenated alkanes) is 11. The summed E-state index contributed by atoms with van der Waals surface area (Å²) in [6.45, 7) is 7.93. The molecule has 0 saturated carbocycles. The number of aryl methyl sites for hydroxylation is 1. The first kappa shape index (κ1) is 30.7. The van der Waals surface area contributed by atoms with E-state index in [1.807, 2.05) is 12.1 Å². The fraction of sp³-hybridized carbons (Fsp3) is 0.677. The first-order valence-electron chi connectivity index (χ1n) is 14.7. The summed E-state index contributed by atoms with van der Waals surface area (Å²) in [6.07, 6.45) is 17.1. The van der Waals surface area contributed by atoms with E-state index >= 15 is 0 Å². The van der Waals surface area contributed by atoms with Crippen LogP contribution in [0.1, 0.15) is 115 Å².